The smallest absolute Gasteiger partial charge is 0.234 e. The van der Waals surface area contributed by atoms with Gasteiger partial charge in [-0.05, 0) is 30.4 Å². The highest BCUT2D eigenvalue weighted by Crippen LogP contribution is 2.48. The number of hydrogen-bond donors (Lipinski definition) is 1. The van der Waals surface area contributed by atoms with Gasteiger partial charge in [0.05, 0.1) is 5.69 Å². The van der Waals surface area contributed by atoms with E-state index < -0.39 is 0 Å². The van der Waals surface area contributed by atoms with Crippen LogP contribution in [0.3, 0.4) is 0 Å². The number of benzene rings is 1. The number of carbonyl (C=O) groups excluding carboxylic acids is 2. The number of phenols is 1. The third-order valence-corrected chi connectivity index (χ3v) is 4.34. The lowest BCUT2D eigenvalue weighted by molar-refractivity contribution is -0.133. The largest absolute Gasteiger partial charge is 0.506 e. The fraction of sp³-hybridized carbons (Fsp3) is 0.467. The summed E-state index contributed by atoms with van der Waals surface area (Å²) in [5, 5.41) is 9.81. The number of para-hydroxylation sites is 2. The number of carbonyl (C=O) groups is 2. The SMILES string of the molecule is O=C1CC2(CCCC2)CC(=O)N1c1ccccc1O. The minimum Gasteiger partial charge on any atom is -0.506 e. The lowest BCUT2D eigenvalue weighted by Crippen LogP contribution is -2.47. The molecule has 0 bridgehead atoms. The number of nitrogens with zero attached hydrogens (tertiary/aromatic N) is 1. The molecule has 19 heavy (non-hydrogen) atoms. The van der Waals surface area contributed by atoms with Crippen molar-refractivity contribution >= 4 is 17.5 Å². The zero-order chi connectivity index (χ0) is 13.5. The van der Waals surface area contributed by atoms with Crippen LogP contribution in [0.15, 0.2) is 24.3 Å². The van der Waals surface area contributed by atoms with Crippen molar-refractivity contribution in [3.05, 3.63) is 24.3 Å². The van der Waals surface area contributed by atoms with E-state index in [1.807, 2.05) is 0 Å². The minimum atomic E-state index is -0.181. The molecule has 2 amide bonds. The van der Waals surface area contributed by atoms with Crippen molar-refractivity contribution < 1.29 is 14.7 Å². The molecule has 0 unspecified atom stereocenters. The number of amides is 2. The molecule has 1 spiro atoms. The quantitative estimate of drug-likeness (QED) is 0.789. The second-order valence-corrected chi connectivity index (χ2v) is 5.67. The minimum absolute atomic E-state index is 0.0217. The van der Waals surface area contributed by atoms with Gasteiger partial charge >= 0.3 is 0 Å². The van der Waals surface area contributed by atoms with Crippen molar-refractivity contribution in [3.8, 4) is 5.75 Å². The molecule has 100 valence electrons. The summed E-state index contributed by atoms with van der Waals surface area (Å²) in [6.45, 7) is 0. The van der Waals surface area contributed by atoms with Gasteiger partial charge in [-0.15, -0.1) is 0 Å². The van der Waals surface area contributed by atoms with Gasteiger partial charge in [0.25, 0.3) is 0 Å². The molecule has 2 aliphatic rings. The molecule has 1 heterocycles. The number of phenolic OH excluding ortho intramolecular Hbond substituents is 1. The van der Waals surface area contributed by atoms with Crippen molar-refractivity contribution in [3.63, 3.8) is 0 Å². The Morgan fingerprint density at radius 2 is 1.58 bits per heavy atom. The molecular weight excluding hydrogens is 242 g/mol. The van der Waals surface area contributed by atoms with E-state index in [0.717, 1.165) is 30.6 Å². The van der Waals surface area contributed by atoms with Crippen molar-refractivity contribution in [2.24, 2.45) is 5.41 Å². The predicted octanol–water partition coefficient (Wildman–Crippen LogP) is 2.61. The maximum atomic E-state index is 12.3. The van der Waals surface area contributed by atoms with E-state index in [1.54, 1.807) is 18.2 Å². The molecule has 4 nitrogen and oxygen atoms in total. The van der Waals surface area contributed by atoms with Gasteiger partial charge in [-0.1, -0.05) is 25.0 Å². The predicted molar refractivity (Wildman–Crippen MR) is 70.7 cm³/mol. The molecule has 1 aromatic rings. The van der Waals surface area contributed by atoms with Crippen LogP contribution in [0.5, 0.6) is 5.75 Å². The van der Waals surface area contributed by atoms with Crippen LogP contribution < -0.4 is 4.90 Å². The number of hydrogen-bond acceptors (Lipinski definition) is 3. The van der Waals surface area contributed by atoms with E-state index in [9.17, 15) is 14.7 Å². The first-order valence-electron chi connectivity index (χ1n) is 6.75. The molecule has 2 fully saturated rings. The molecule has 4 heteroatoms. The third-order valence-electron chi connectivity index (χ3n) is 4.34. The summed E-state index contributed by atoms with van der Waals surface area (Å²) in [5.41, 5.74) is 0.208. The van der Waals surface area contributed by atoms with Gasteiger partial charge in [0, 0.05) is 12.8 Å². The number of aromatic hydroxyl groups is 1. The van der Waals surface area contributed by atoms with Crippen molar-refractivity contribution in [1.82, 2.24) is 0 Å². The Balaban J connectivity index is 1.91. The summed E-state index contributed by atoms with van der Waals surface area (Å²) >= 11 is 0. The first-order valence-corrected chi connectivity index (χ1v) is 6.75. The third kappa shape index (κ3) is 2.01. The maximum Gasteiger partial charge on any atom is 0.234 e. The molecule has 1 aliphatic carbocycles. The fourth-order valence-electron chi connectivity index (χ4n) is 3.40. The Morgan fingerprint density at radius 3 is 2.16 bits per heavy atom. The zero-order valence-corrected chi connectivity index (χ0v) is 10.8. The highest BCUT2D eigenvalue weighted by atomic mass is 16.3. The fourth-order valence-corrected chi connectivity index (χ4v) is 3.40. The van der Waals surface area contributed by atoms with Crippen LogP contribution in [0.4, 0.5) is 5.69 Å². The molecular formula is C15H17NO3. The van der Waals surface area contributed by atoms with E-state index in [2.05, 4.69) is 0 Å². The Morgan fingerprint density at radius 1 is 1.00 bits per heavy atom. The summed E-state index contributed by atoms with van der Waals surface area (Å²) in [5.74, 6) is -0.383. The van der Waals surface area contributed by atoms with Crippen LogP contribution in [0.1, 0.15) is 38.5 Å². The number of rotatable bonds is 1. The Labute approximate surface area is 112 Å². The molecule has 0 radical (unpaired) electrons. The van der Waals surface area contributed by atoms with Gasteiger partial charge < -0.3 is 5.11 Å². The topological polar surface area (TPSA) is 57.6 Å². The normalized spacial score (nSPS) is 22.2. The van der Waals surface area contributed by atoms with Crippen LogP contribution >= 0.6 is 0 Å². The molecule has 0 atom stereocenters. The number of piperidine rings is 1. The highest BCUT2D eigenvalue weighted by molar-refractivity contribution is 6.17. The Kier molecular flexibility index (Phi) is 2.81. The summed E-state index contributed by atoms with van der Waals surface area (Å²) < 4.78 is 0. The van der Waals surface area contributed by atoms with Crippen molar-refractivity contribution in [2.75, 3.05) is 4.90 Å². The summed E-state index contributed by atoms with van der Waals surface area (Å²) in [6, 6.07) is 6.50. The van der Waals surface area contributed by atoms with E-state index in [0.29, 0.717) is 18.5 Å². The lowest BCUT2D eigenvalue weighted by Gasteiger charge is -2.37. The van der Waals surface area contributed by atoms with E-state index in [1.165, 1.54) is 6.07 Å². The zero-order valence-electron chi connectivity index (χ0n) is 10.8. The molecule has 1 saturated heterocycles. The molecule has 0 aromatic heterocycles. The van der Waals surface area contributed by atoms with Gasteiger partial charge in [-0.3, -0.25) is 9.59 Å². The summed E-state index contributed by atoms with van der Waals surface area (Å²) in [4.78, 5) is 25.8. The summed E-state index contributed by atoms with van der Waals surface area (Å²) in [7, 11) is 0. The lowest BCUT2D eigenvalue weighted by atomic mass is 9.76. The van der Waals surface area contributed by atoms with Crippen molar-refractivity contribution in [1.29, 1.82) is 0 Å². The van der Waals surface area contributed by atoms with E-state index in [-0.39, 0.29) is 23.0 Å². The van der Waals surface area contributed by atoms with Gasteiger partial charge in [0.2, 0.25) is 11.8 Å². The standard InChI is InChI=1S/C15H17NO3/c17-12-6-2-1-5-11(12)16-13(18)9-15(10-14(16)19)7-3-4-8-15/h1-2,5-6,17H,3-4,7-10H2. The molecule has 1 N–H and O–H groups in total. The Hall–Kier alpha value is -1.84. The van der Waals surface area contributed by atoms with Crippen LogP contribution in [0, 0.1) is 5.41 Å². The van der Waals surface area contributed by atoms with Crippen LogP contribution in [-0.4, -0.2) is 16.9 Å². The highest BCUT2D eigenvalue weighted by Gasteiger charge is 2.45. The van der Waals surface area contributed by atoms with Gasteiger partial charge in [0.1, 0.15) is 5.75 Å². The average molecular weight is 259 g/mol. The molecule has 3 rings (SSSR count). The first kappa shape index (κ1) is 12.2. The first-order chi connectivity index (χ1) is 9.11. The monoisotopic (exact) mass is 259 g/mol. The Bertz CT molecular complexity index is 512. The average Bonchev–Trinajstić information content (AvgIpc) is 2.78. The van der Waals surface area contributed by atoms with Gasteiger partial charge in [-0.25, -0.2) is 4.90 Å². The van der Waals surface area contributed by atoms with E-state index >= 15 is 0 Å². The van der Waals surface area contributed by atoms with Crippen LogP contribution in [0.25, 0.3) is 0 Å². The van der Waals surface area contributed by atoms with Crippen LogP contribution in [-0.2, 0) is 9.59 Å². The van der Waals surface area contributed by atoms with Gasteiger partial charge in [-0.2, -0.15) is 0 Å². The number of imide groups is 1. The van der Waals surface area contributed by atoms with Crippen LogP contribution in [0.2, 0.25) is 0 Å². The second kappa shape index (κ2) is 4.37. The molecule has 1 aliphatic heterocycles. The van der Waals surface area contributed by atoms with Gasteiger partial charge in [0.15, 0.2) is 0 Å². The van der Waals surface area contributed by atoms with Crippen molar-refractivity contribution in [2.45, 2.75) is 38.5 Å². The molecule has 1 aromatic carbocycles. The summed E-state index contributed by atoms with van der Waals surface area (Å²) in [6.07, 6.45) is 5.01. The van der Waals surface area contributed by atoms with E-state index in [4.69, 9.17) is 0 Å². The molecule has 1 saturated carbocycles. The number of anilines is 1. The second-order valence-electron chi connectivity index (χ2n) is 5.67. The maximum absolute atomic E-state index is 12.3.